The highest BCUT2D eigenvalue weighted by molar-refractivity contribution is 7.07. The maximum Gasteiger partial charge on any atom is 0.0698 e. The summed E-state index contributed by atoms with van der Waals surface area (Å²) < 4.78 is 5.44. The third-order valence-corrected chi connectivity index (χ3v) is 4.30. The largest absolute Gasteiger partial charge is 0.380 e. The highest BCUT2D eigenvalue weighted by Crippen LogP contribution is 2.11. The number of likely N-dealkylation sites (tertiary alicyclic amines) is 1. The van der Waals surface area contributed by atoms with E-state index in [1.165, 1.54) is 24.9 Å². The number of ether oxygens (including phenoxy) is 1. The van der Waals surface area contributed by atoms with Gasteiger partial charge in [0.05, 0.1) is 6.10 Å². The van der Waals surface area contributed by atoms with Crippen molar-refractivity contribution in [3.8, 4) is 0 Å². The molecule has 1 N–H and O–H groups in total. The summed E-state index contributed by atoms with van der Waals surface area (Å²) in [5.74, 6) is 0. The molecule has 1 aromatic rings. The number of piperidine rings is 1. The first-order valence-electron chi connectivity index (χ1n) is 6.85. The average molecular weight is 268 g/mol. The fraction of sp³-hybridized carbons (Fsp3) is 0.714. The summed E-state index contributed by atoms with van der Waals surface area (Å²) in [4.78, 5) is 2.51. The van der Waals surface area contributed by atoms with Crippen LogP contribution in [0.3, 0.4) is 0 Å². The van der Waals surface area contributed by atoms with Gasteiger partial charge in [-0.2, -0.15) is 11.3 Å². The minimum absolute atomic E-state index is 0.449. The monoisotopic (exact) mass is 268 g/mol. The Kier molecular flexibility index (Phi) is 6.14. The van der Waals surface area contributed by atoms with Gasteiger partial charge in [0.1, 0.15) is 0 Å². The van der Waals surface area contributed by atoms with Crippen LogP contribution in [0.2, 0.25) is 0 Å². The molecule has 1 unspecified atom stereocenters. The van der Waals surface area contributed by atoms with E-state index in [0.29, 0.717) is 6.10 Å². The minimum atomic E-state index is 0.449. The Morgan fingerprint density at radius 2 is 2.44 bits per heavy atom. The standard InChI is InChI=1S/C14H24N2OS/c1-17-14-3-2-8-16(11-14)9-7-15-6-4-13-5-10-18-12-13/h5,10,12,14-15H,2-4,6-9,11H2,1H3. The Morgan fingerprint density at radius 3 is 3.22 bits per heavy atom. The fourth-order valence-corrected chi connectivity index (χ4v) is 3.14. The molecular formula is C14H24N2OS. The van der Waals surface area contributed by atoms with Crippen LogP contribution in [0, 0.1) is 0 Å². The second kappa shape index (κ2) is 7.89. The lowest BCUT2D eigenvalue weighted by molar-refractivity contribution is 0.0319. The zero-order chi connectivity index (χ0) is 12.6. The van der Waals surface area contributed by atoms with Crippen LogP contribution in [0.4, 0.5) is 0 Å². The van der Waals surface area contributed by atoms with Crippen molar-refractivity contribution in [2.45, 2.75) is 25.4 Å². The molecule has 1 fully saturated rings. The second-order valence-corrected chi connectivity index (χ2v) is 5.71. The Bertz CT molecular complexity index is 316. The summed E-state index contributed by atoms with van der Waals surface area (Å²) >= 11 is 1.78. The van der Waals surface area contributed by atoms with E-state index in [2.05, 4.69) is 27.0 Å². The van der Waals surface area contributed by atoms with E-state index in [1.54, 1.807) is 11.3 Å². The fourth-order valence-electron chi connectivity index (χ4n) is 2.44. The van der Waals surface area contributed by atoms with Crippen molar-refractivity contribution in [1.82, 2.24) is 10.2 Å². The molecule has 1 aliphatic rings. The molecule has 2 rings (SSSR count). The molecule has 1 atom stereocenters. The SMILES string of the molecule is COC1CCCN(CCNCCc2ccsc2)C1. The molecule has 0 saturated carbocycles. The van der Waals surface area contributed by atoms with Crippen molar-refractivity contribution in [2.24, 2.45) is 0 Å². The van der Waals surface area contributed by atoms with Crippen LogP contribution in [0.1, 0.15) is 18.4 Å². The van der Waals surface area contributed by atoms with Crippen molar-refractivity contribution < 1.29 is 4.74 Å². The van der Waals surface area contributed by atoms with Crippen molar-refractivity contribution in [3.63, 3.8) is 0 Å². The summed E-state index contributed by atoms with van der Waals surface area (Å²) in [7, 11) is 1.83. The third kappa shape index (κ3) is 4.69. The molecule has 1 aliphatic heterocycles. The molecule has 0 amide bonds. The van der Waals surface area contributed by atoms with E-state index in [4.69, 9.17) is 4.74 Å². The molecule has 2 heterocycles. The zero-order valence-corrected chi connectivity index (χ0v) is 12.0. The van der Waals surface area contributed by atoms with Gasteiger partial charge >= 0.3 is 0 Å². The first-order valence-corrected chi connectivity index (χ1v) is 7.79. The van der Waals surface area contributed by atoms with Gasteiger partial charge in [-0.15, -0.1) is 0 Å². The molecule has 4 heteroatoms. The van der Waals surface area contributed by atoms with Gasteiger partial charge < -0.3 is 10.1 Å². The summed E-state index contributed by atoms with van der Waals surface area (Å²) in [5.41, 5.74) is 1.45. The lowest BCUT2D eigenvalue weighted by Gasteiger charge is -2.31. The van der Waals surface area contributed by atoms with E-state index in [-0.39, 0.29) is 0 Å². The Hall–Kier alpha value is -0.420. The van der Waals surface area contributed by atoms with Gasteiger partial charge in [-0.1, -0.05) is 0 Å². The van der Waals surface area contributed by atoms with Crippen LogP contribution in [0.25, 0.3) is 0 Å². The molecule has 0 spiro atoms. The number of thiophene rings is 1. The lowest BCUT2D eigenvalue weighted by atomic mass is 10.1. The first kappa shape index (κ1) is 14.0. The number of hydrogen-bond acceptors (Lipinski definition) is 4. The quantitative estimate of drug-likeness (QED) is 0.766. The predicted molar refractivity (Wildman–Crippen MR) is 77.4 cm³/mol. The van der Waals surface area contributed by atoms with Crippen LogP contribution in [0.5, 0.6) is 0 Å². The van der Waals surface area contributed by atoms with Crippen LogP contribution < -0.4 is 5.32 Å². The predicted octanol–water partition coefficient (Wildman–Crippen LogP) is 1.99. The van der Waals surface area contributed by atoms with Crippen LogP contribution in [-0.4, -0.2) is 50.8 Å². The Morgan fingerprint density at radius 1 is 1.50 bits per heavy atom. The van der Waals surface area contributed by atoms with E-state index >= 15 is 0 Å². The van der Waals surface area contributed by atoms with Gasteiger partial charge in [0.25, 0.3) is 0 Å². The van der Waals surface area contributed by atoms with E-state index < -0.39 is 0 Å². The van der Waals surface area contributed by atoms with Crippen molar-refractivity contribution >= 4 is 11.3 Å². The minimum Gasteiger partial charge on any atom is -0.380 e. The average Bonchev–Trinajstić information content (AvgIpc) is 2.92. The van der Waals surface area contributed by atoms with Crippen molar-refractivity contribution in [1.29, 1.82) is 0 Å². The van der Waals surface area contributed by atoms with Gasteiger partial charge in [0.2, 0.25) is 0 Å². The van der Waals surface area contributed by atoms with Crippen LogP contribution in [-0.2, 0) is 11.2 Å². The Balaban J connectivity index is 1.52. The number of nitrogens with zero attached hydrogens (tertiary/aromatic N) is 1. The first-order chi connectivity index (χ1) is 8.88. The molecule has 0 radical (unpaired) electrons. The number of methoxy groups -OCH3 is 1. The molecular weight excluding hydrogens is 244 g/mol. The lowest BCUT2D eigenvalue weighted by Crippen LogP contribution is -2.42. The molecule has 0 bridgehead atoms. The van der Waals surface area contributed by atoms with Crippen molar-refractivity contribution in [3.05, 3.63) is 22.4 Å². The van der Waals surface area contributed by atoms with Gasteiger partial charge in [-0.05, 0) is 54.7 Å². The normalized spacial score (nSPS) is 21.3. The maximum atomic E-state index is 5.44. The van der Waals surface area contributed by atoms with Crippen LogP contribution >= 0.6 is 11.3 Å². The molecule has 18 heavy (non-hydrogen) atoms. The van der Waals surface area contributed by atoms with Gasteiger partial charge in [-0.25, -0.2) is 0 Å². The number of rotatable bonds is 7. The van der Waals surface area contributed by atoms with Crippen molar-refractivity contribution in [2.75, 3.05) is 39.8 Å². The summed E-state index contributed by atoms with van der Waals surface area (Å²) in [5, 5.41) is 7.90. The molecule has 1 aromatic heterocycles. The second-order valence-electron chi connectivity index (χ2n) is 4.93. The van der Waals surface area contributed by atoms with Crippen LogP contribution in [0.15, 0.2) is 16.8 Å². The van der Waals surface area contributed by atoms with Gasteiger partial charge in [0.15, 0.2) is 0 Å². The van der Waals surface area contributed by atoms with E-state index in [9.17, 15) is 0 Å². The highest BCUT2D eigenvalue weighted by Gasteiger charge is 2.18. The molecule has 102 valence electrons. The molecule has 0 aliphatic carbocycles. The van der Waals surface area contributed by atoms with E-state index in [0.717, 1.165) is 32.6 Å². The number of hydrogen-bond donors (Lipinski definition) is 1. The summed E-state index contributed by atoms with van der Waals surface area (Å²) in [6.07, 6.45) is 4.08. The Labute approximate surface area is 114 Å². The third-order valence-electron chi connectivity index (χ3n) is 3.57. The molecule has 3 nitrogen and oxygen atoms in total. The van der Waals surface area contributed by atoms with Gasteiger partial charge in [-0.3, -0.25) is 4.90 Å². The van der Waals surface area contributed by atoms with E-state index in [1.807, 2.05) is 7.11 Å². The highest BCUT2D eigenvalue weighted by atomic mass is 32.1. The zero-order valence-electron chi connectivity index (χ0n) is 11.2. The molecule has 0 aromatic carbocycles. The summed E-state index contributed by atoms with van der Waals surface area (Å²) in [6, 6.07) is 2.21. The number of nitrogens with one attached hydrogen (secondary N) is 1. The smallest absolute Gasteiger partial charge is 0.0698 e. The summed E-state index contributed by atoms with van der Waals surface area (Å²) in [6.45, 7) is 5.64. The topological polar surface area (TPSA) is 24.5 Å². The molecule has 1 saturated heterocycles. The van der Waals surface area contributed by atoms with Gasteiger partial charge in [0, 0.05) is 26.7 Å². The maximum absolute atomic E-state index is 5.44.